The van der Waals surface area contributed by atoms with Gasteiger partial charge in [0.05, 0.1) is 24.3 Å². The van der Waals surface area contributed by atoms with Crippen molar-refractivity contribution in [1.82, 2.24) is 10.6 Å². The minimum atomic E-state index is -1.52. The number of fused-ring (bicyclic) bond motifs is 1. The topological polar surface area (TPSA) is 222 Å². The average Bonchev–Trinajstić information content (AvgIpc) is 3.79. The minimum Gasteiger partial charge on any atom is -0.462 e. The maximum atomic E-state index is 14.2. The van der Waals surface area contributed by atoms with E-state index in [2.05, 4.69) is 10.6 Å². The number of cyclic esters (lactones) is 1. The van der Waals surface area contributed by atoms with Crippen LogP contribution in [0.2, 0.25) is 0 Å². The second kappa shape index (κ2) is 20.3. The van der Waals surface area contributed by atoms with Crippen LogP contribution in [-0.4, -0.2) is 107 Å². The Morgan fingerprint density at radius 1 is 0.892 bits per heavy atom. The molecule has 2 heterocycles. The van der Waals surface area contributed by atoms with Crippen LogP contribution in [0.3, 0.4) is 0 Å². The van der Waals surface area contributed by atoms with Crippen molar-refractivity contribution < 1.29 is 67.4 Å². The van der Waals surface area contributed by atoms with Gasteiger partial charge in [0.15, 0.2) is 0 Å². The Hall–Kier alpha value is -6.20. The Morgan fingerprint density at radius 3 is 2.11 bits per heavy atom. The molecular formula is C49H56N2O14. The van der Waals surface area contributed by atoms with E-state index in [0.717, 1.165) is 6.08 Å². The highest BCUT2D eigenvalue weighted by molar-refractivity contribution is 5.98. The largest absolute Gasteiger partial charge is 0.462 e. The zero-order valence-corrected chi connectivity index (χ0v) is 37.2. The number of carbonyl (C=O) groups excluding carboxylic acids is 6. The Kier molecular flexibility index (Phi) is 15.1. The van der Waals surface area contributed by atoms with Crippen molar-refractivity contribution in [3.05, 3.63) is 125 Å². The maximum Gasteiger partial charge on any atom is 0.348 e. The van der Waals surface area contributed by atoms with Crippen molar-refractivity contribution in [2.45, 2.75) is 115 Å². The van der Waals surface area contributed by atoms with E-state index in [4.69, 9.17) is 28.4 Å². The first kappa shape index (κ1) is 48.3. The summed E-state index contributed by atoms with van der Waals surface area (Å²) >= 11 is 0. The molecule has 3 aliphatic rings. The van der Waals surface area contributed by atoms with E-state index in [1.807, 2.05) is 60.7 Å². The SMILES string of the molecule is C[C@H](O)[C@@H](NC(=O)C1=C[C@H]2OC(c3ccccc3)(c3ccccc3)O[C@H]2[C@H](OC(=O)c2ccccc2C=CC(=O)O[C@H]2C(=O)OCC2(C)C)C1)C(=O)N[C@H](CO)CCC(=O)OC(C)(C)C. The summed E-state index contributed by atoms with van der Waals surface area (Å²) in [7, 11) is 0. The number of aliphatic hydroxyl groups is 2. The van der Waals surface area contributed by atoms with Crippen LogP contribution in [-0.2, 0) is 58.2 Å². The molecule has 0 radical (unpaired) electrons. The highest BCUT2D eigenvalue weighted by Crippen LogP contribution is 2.47. The molecule has 2 saturated heterocycles. The molecule has 0 spiro atoms. The lowest BCUT2D eigenvalue weighted by atomic mass is 9.90. The number of esters is 4. The third kappa shape index (κ3) is 11.7. The Labute approximate surface area is 377 Å². The van der Waals surface area contributed by atoms with Crippen molar-refractivity contribution in [2.24, 2.45) is 5.41 Å². The Balaban J connectivity index is 1.26. The number of carbonyl (C=O) groups is 6. The number of hydrogen-bond acceptors (Lipinski definition) is 14. The summed E-state index contributed by atoms with van der Waals surface area (Å²) in [5.41, 5.74) is 0.182. The lowest BCUT2D eigenvalue weighted by molar-refractivity contribution is -0.159. The standard InChI is InChI=1S/C49H56N2O14/c1-29(53)40(44(57)50-34(27-52)22-24-39(55)64-47(2,3)4)51-43(56)31-25-36(41-37(26-31)63-49(65-41,32-16-9-7-10-17-32)33-18-11-8-12-19-33)61-45(58)35-20-14-13-15-30(35)21-23-38(54)62-42-46(59)60-28-48(42,5)6/h7-21,23,26,29,34,36-37,40-42,52-53H,22,24-25,27-28H2,1-6H3,(H,50,57)(H,51,56)/t29-,34-,36+,37+,40+,41-,42-/m0/s1. The number of nitrogens with one attached hydrogen (secondary N) is 2. The highest BCUT2D eigenvalue weighted by Gasteiger charge is 2.55. The third-order valence-electron chi connectivity index (χ3n) is 11.0. The molecule has 7 atom stereocenters. The predicted molar refractivity (Wildman–Crippen MR) is 233 cm³/mol. The van der Waals surface area contributed by atoms with Crippen LogP contribution in [0.15, 0.2) is 103 Å². The van der Waals surface area contributed by atoms with Gasteiger partial charge in [-0.15, -0.1) is 0 Å². The van der Waals surface area contributed by atoms with Gasteiger partial charge in [0.1, 0.15) is 36.6 Å². The van der Waals surface area contributed by atoms with Crippen molar-refractivity contribution >= 4 is 41.8 Å². The van der Waals surface area contributed by atoms with Crippen molar-refractivity contribution in [3.63, 3.8) is 0 Å². The molecular weight excluding hydrogens is 841 g/mol. The summed E-state index contributed by atoms with van der Waals surface area (Å²) in [5, 5.41) is 25.9. The van der Waals surface area contributed by atoms with Gasteiger partial charge in [-0.2, -0.15) is 0 Å². The molecule has 3 aromatic rings. The predicted octanol–water partition coefficient (Wildman–Crippen LogP) is 4.20. The van der Waals surface area contributed by atoms with Gasteiger partial charge in [-0.05, 0) is 57.9 Å². The lowest BCUT2D eigenvalue weighted by Gasteiger charge is -2.32. The zero-order chi connectivity index (χ0) is 47.1. The van der Waals surface area contributed by atoms with Crippen molar-refractivity contribution in [3.8, 4) is 0 Å². The van der Waals surface area contributed by atoms with E-state index < -0.39 is 102 Å². The molecule has 2 amide bonds. The molecule has 2 aliphatic heterocycles. The average molecular weight is 897 g/mol. The third-order valence-corrected chi connectivity index (χ3v) is 11.0. The van der Waals surface area contributed by atoms with E-state index in [-0.39, 0.29) is 42.6 Å². The summed E-state index contributed by atoms with van der Waals surface area (Å²) in [6.45, 7) is 9.50. The second-order valence-corrected chi connectivity index (χ2v) is 17.9. The highest BCUT2D eigenvalue weighted by atomic mass is 16.8. The number of amides is 2. The fourth-order valence-corrected chi connectivity index (χ4v) is 7.69. The molecule has 16 heteroatoms. The molecule has 3 aromatic carbocycles. The van der Waals surface area contributed by atoms with Gasteiger partial charge in [-0.25, -0.2) is 14.4 Å². The summed E-state index contributed by atoms with van der Waals surface area (Å²) in [5.74, 6) is -5.95. The summed E-state index contributed by atoms with van der Waals surface area (Å²) in [4.78, 5) is 79.4. The first-order valence-corrected chi connectivity index (χ1v) is 21.4. The molecule has 65 heavy (non-hydrogen) atoms. The molecule has 4 N–H and O–H groups in total. The van der Waals surface area contributed by atoms with E-state index >= 15 is 0 Å². The second-order valence-electron chi connectivity index (χ2n) is 17.9. The number of aliphatic hydroxyl groups excluding tert-OH is 2. The van der Waals surface area contributed by atoms with Crippen LogP contribution in [0.4, 0.5) is 0 Å². The first-order valence-electron chi connectivity index (χ1n) is 21.4. The number of ether oxygens (including phenoxy) is 6. The molecule has 0 bridgehead atoms. The molecule has 0 saturated carbocycles. The maximum absolute atomic E-state index is 14.2. The fraction of sp³-hybridized carbons (Fsp3) is 0.429. The number of benzene rings is 3. The van der Waals surface area contributed by atoms with Gasteiger partial charge in [0.2, 0.25) is 23.7 Å². The van der Waals surface area contributed by atoms with Gasteiger partial charge in [-0.3, -0.25) is 14.4 Å². The summed E-state index contributed by atoms with van der Waals surface area (Å²) < 4.78 is 35.6. The van der Waals surface area contributed by atoms with Gasteiger partial charge in [0.25, 0.3) is 0 Å². The smallest absolute Gasteiger partial charge is 0.348 e. The summed E-state index contributed by atoms with van der Waals surface area (Å²) in [6.07, 6.45) is -1.97. The normalized spacial score (nSPS) is 22.3. The van der Waals surface area contributed by atoms with E-state index in [1.165, 1.54) is 25.1 Å². The molecule has 1 aliphatic carbocycles. The Bertz CT molecular complexity index is 2240. The van der Waals surface area contributed by atoms with Crippen LogP contribution in [0, 0.1) is 5.41 Å². The lowest BCUT2D eigenvalue weighted by Crippen LogP contribution is -2.55. The van der Waals surface area contributed by atoms with Crippen molar-refractivity contribution in [1.29, 1.82) is 0 Å². The minimum absolute atomic E-state index is 0.0269. The van der Waals surface area contributed by atoms with Gasteiger partial charge in [-0.1, -0.05) is 92.7 Å². The van der Waals surface area contributed by atoms with E-state index in [0.29, 0.717) is 11.1 Å². The van der Waals surface area contributed by atoms with Crippen LogP contribution >= 0.6 is 0 Å². The Morgan fingerprint density at radius 2 is 1.52 bits per heavy atom. The molecule has 2 fully saturated rings. The zero-order valence-electron chi connectivity index (χ0n) is 37.2. The fourth-order valence-electron chi connectivity index (χ4n) is 7.69. The molecule has 16 nitrogen and oxygen atoms in total. The van der Waals surface area contributed by atoms with E-state index in [9.17, 15) is 39.0 Å². The van der Waals surface area contributed by atoms with Crippen LogP contribution in [0.25, 0.3) is 6.08 Å². The van der Waals surface area contributed by atoms with Crippen LogP contribution in [0.1, 0.15) is 87.9 Å². The molecule has 346 valence electrons. The number of rotatable bonds is 16. The van der Waals surface area contributed by atoms with Gasteiger partial charge < -0.3 is 49.3 Å². The van der Waals surface area contributed by atoms with Crippen molar-refractivity contribution in [2.75, 3.05) is 13.2 Å². The molecule has 0 aromatic heterocycles. The monoisotopic (exact) mass is 896 g/mol. The van der Waals surface area contributed by atoms with Gasteiger partial charge in [0, 0.05) is 41.0 Å². The molecule has 0 unspecified atom stereocenters. The van der Waals surface area contributed by atoms with Gasteiger partial charge >= 0.3 is 23.9 Å². The van der Waals surface area contributed by atoms with Crippen LogP contribution < -0.4 is 10.6 Å². The summed E-state index contributed by atoms with van der Waals surface area (Å²) in [6, 6.07) is 22.2. The molecule has 6 rings (SSSR count). The first-order chi connectivity index (χ1) is 30.8. The number of hydrogen-bond donors (Lipinski definition) is 4. The quantitative estimate of drug-likeness (QED) is 0.0900. The van der Waals surface area contributed by atoms with E-state index in [1.54, 1.807) is 52.8 Å². The van der Waals surface area contributed by atoms with Crippen LogP contribution in [0.5, 0.6) is 0 Å².